The van der Waals surface area contributed by atoms with Gasteiger partial charge in [-0.1, -0.05) is 18.2 Å². The molecule has 0 saturated heterocycles. The molecule has 0 unspecified atom stereocenters. The van der Waals surface area contributed by atoms with Gasteiger partial charge in [0.1, 0.15) is 11.5 Å². The van der Waals surface area contributed by atoms with Crippen molar-refractivity contribution in [2.24, 2.45) is 0 Å². The summed E-state index contributed by atoms with van der Waals surface area (Å²) in [5.41, 5.74) is 4.36. The normalized spacial score (nSPS) is 15.2. The lowest BCUT2D eigenvalue weighted by Gasteiger charge is -1.97. The van der Waals surface area contributed by atoms with Crippen LogP contribution in [0.5, 0.6) is 11.5 Å². The Morgan fingerprint density at radius 1 is 0.750 bits per heavy atom. The molecule has 2 aliphatic rings. The minimum absolute atomic E-state index is 0.323. The van der Waals surface area contributed by atoms with Gasteiger partial charge in [-0.25, -0.2) is 0 Å². The molecule has 0 spiro atoms. The number of fused-ring (bicyclic) bond motifs is 2. The van der Waals surface area contributed by atoms with E-state index >= 15 is 0 Å². The maximum Gasteiger partial charge on any atom is 0.121 e. The molecule has 2 aromatic rings. The van der Waals surface area contributed by atoms with Crippen molar-refractivity contribution in [3.8, 4) is 11.5 Å². The van der Waals surface area contributed by atoms with Crippen LogP contribution in [0.4, 0.5) is 0 Å². The Kier molecular flexibility index (Phi) is 3.58. The topological polar surface area (TPSA) is 58.9 Å². The third kappa shape index (κ3) is 2.61. The number of ether oxygens (including phenoxy) is 2. The first-order valence-electron chi connectivity index (χ1n) is 6.50. The zero-order valence-electron chi connectivity index (χ0n) is 11.0. The Morgan fingerprint density at radius 3 is 2.35 bits per heavy atom. The van der Waals surface area contributed by atoms with Gasteiger partial charge in [-0.2, -0.15) is 0 Å². The molecular formula is C16H16O4. The van der Waals surface area contributed by atoms with Crippen molar-refractivity contribution in [1.82, 2.24) is 0 Å². The fraction of sp³-hybridized carbons (Fsp3) is 0.250. The molecule has 104 valence electrons. The number of phenolic OH excluding ortho intramolecular Hbond substituents is 2. The quantitative estimate of drug-likeness (QED) is 0.774. The largest absolute Gasteiger partial charge is 0.508 e. The first kappa shape index (κ1) is 13.0. The molecule has 2 aromatic carbocycles. The summed E-state index contributed by atoms with van der Waals surface area (Å²) in [4.78, 5) is 0. The van der Waals surface area contributed by atoms with E-state index in [1.165, 1.54) is 5.56 Å². The van der Waals surface area contributed by atoms with Crippen LogP contribution in [0.3, 0.4) is 0 Å². The third-order valence-corrected chi connectivity index (χ3v) is 3.46. The van der Waals surface area contributed by atoms with Crippen molar-refractivity contribution in [2.45, 2.75) is 26.4 Å². The lowest BCUT2D eigenvalue weighted by atomic mass is 10.1. The van der Waals surface area contributed by atoms with Crippen molar-refractivity contribution in [1.29, 1.82) is 0 Å². The maximum absolute atomic E-state index is 9.25. The van der Waals surface area contributed by atoms with Crippen LogP contribution in [0.25, 0.3) is 0 Å². The molecule has 0 bridgehead atoms. The SMILES string of the molecule is Oc1ccc2c(c1)COC2.Oc1cccc2c1COC2. The minimum Gasteiger partial charge on any atom is -0.508 e. The number of phenols is 2. The van der Waals surface area contributed by atoms with Crippen LogP contribution in [0.15, 0.2) is 36.4 Å². The van der Waals surface area contributed by atoms with E-state index in [1.54, 1.807) is 18.2 Å². The van der Waals surface area contributed by atoms with E-state index in [0.717, 1.165) is 16.7 Å². The molecule has 20 heavy (non-hydrogen) atoms. The molecule has 2 N–H and O–H groups in total. The van der Waals surface area contributed by atoms with Crippen LogP contribution in [0, 0.1) is 0 Å². The second-order valence-electron chi connectivity index (χ2n) is 4.85. The molecule has 4 nitrogen and oxygen atoms in total. The van der Waals surface area contributed by atoms with Gasteiger partial charge >= 0.3 is 0 Å². The summed E-state index contributed by atoms with van der Waals surface area (Å²) in [6.07, 6.45) is 0. The van der Waals surface area contributed by atoms with E-state index in [2.05, 4.69) is 0 Å². The second kappa shape index (κ2) is 5.53. The van der Waals surface area contributed by atoms with Gasteiger partial charge in [0.05, 0.1) is 26.4 Å². The Labute approximate surface area is 117 Å². The zero-order valence-corrected chi connectivity index (χ0v) is 11.0. The number of rotatable bonds is 0. The maximum atomic E-state index is 9.25. The molecule has 4 heteroatoms. The predicted molar refractivity (Wildman–Crippen MR) is 73.2 cm³/mol. The predicted octanol–water partition coefficient (Wildman–Crippen LogP) is 2.84. The Morgan fingerprint density at radius 2 is 1.50 bits per heavy atom. The molecule has 0 fully saturated rings. The number of aromatic hydroxyl groups is 2. The van der Waals surface area contributed by atoms with Crippen LogP contribution in [0.1, 0.15) is 22.3 Å². The van der Waals surface area contributed by atoms with Crippen LogP contribution < -0.4 is 0 Å². The smallest absolute Gasteiger partial charge is 0.121 e. The monoisotopic (exact) mass is 272 g/mol. The lowest BCUT2D eigenvalue weighted by molar-refractivity contribution is 0.133. The Hall–Kier alpha value is -2.04. The van der Waals surface area contributed by atoms with E-state index in [4.69, 9.17) is 14.6 Å². The molecule has 2 aliphatic heterocycles. The number of hydrogen-bond donors (Lipinski definition) is 2. The van der Waals surface area contributed by atoms with E-state index in [9.17, 15) is 5.11 Å². The van der Waals surface area contributed by atoms with Gasteiger partial charge in [-0.15, -0.1) is 0 Å². The third-order valence-electron chi connectivity index (χ3n) is 3.46. The first-order chi connectivity index (χ1) is 9.74. The Balaban J connectivity index is 0.000000121. The molecular weight excluding hydrogens is 256 g/mol. The summed E-state index contributed by atoms with van der Waals surface area (Å²) in [6.45, 7) is 2.53. The highest BCUT2D eigenvalue weighted by Crippen LogP contribution is 2.27. The van der Waals surface area contributed by atoms with Crippen molar-refractivity contribution in [2.75, 3.05) is 0 Å². The minimum atomic E-state index is 0.323. The summed E-state index contributed by atoms with van der Waals surface area (Å²) < 4.78 is 10.3. The molecule has 0 amide bonds. The molecule has 0 radical (unpaired) electrons. The van der Waals surface area contributed by atoms with Crippen LogP contribution in [0.2, 0.25) is 0 Å². The fourth-order valence-corrected chi connectivity index (χ4v) is 2.34. The highest BCUT2D eigenvalue weighted by Gasteiger charge is 2.13. The van der Waals surface area contributed by atoms with Crippen LogP contribution >= 0.6 is 0 Å². The van der Waals surface area contributed by atoms with E-state index in [1.807, 2.05) is 18.2 Å². The molecule has 0 atom stereocenters. The van der Waals surface area contributed by atoms with Crippen molar-refractivity contribution in [3.05, 3.63) is 58.7 Å². The second-order valence-corrected chi connectivity index (χ2v) is 4.85. The lowest BCUT2D eigenvalue weighted by Crippen LogP contribution is -1.80. The fourth-order valence-electron chi connectivity index (χ4n) is 2.34. The average Bonchev–Trinajstić information content (AvgIpc) is 3.07. The summed E-state index contributed by atoms with van der Waals surface area (Å²) in [6, 6.07) is 10.8. The van der Waals surface area contributed by atoms with Gasteiger partial charge in [0, 0.05) is 5.56 Å². The number of benzene rings is 2. The van der Waals surface area contributed by atoms with Gasteiger partial charge in [-0.3, -0.25) is 0 Å². The summed E-state index contributed by atoms with van der Waals surface area (Å²) >= 11 is 0. The van der Waals surface area contributed by atoms with E-state index in [0.29, 0.717) is 37.9 Å². The van der Waals surface area contributed by atoms with Crippen molar-refractivity contribution >= 4 is 0 Å². The summed E-state index contributed by atoms with van der Waals surface area (Å²) in [5, 5.41) is 18.3. The Bertz CT molecular complexity index is 622. The average molecular weight is 272 g/mol. The van der Waals surface area contributed by atoms with Gasteiger partial charge in [0.2, 0.25) is 0 Å². The van der Waals surface area contributed by atoms with Gasteiger partial charge < -0.3 is 19.7 Å². The molecule has 2 heterocycles. The van der Waals surface area contributed by atoms with Crippen LogP contribution in [-0.4, -0.2) is 10.2 Å². The van der Waals surface area contributed by atoms with Crippen molar-refractivity contribution < 1.29 is 19.7 Å². The number of hydrogen-bond acceptors (Lipinski definition) is 4. The highest BCUT2D eigenvalue weighted by atomic mass is 16.5. The van der Waals surface area contributed by atoms with Gasteiger partial charge in [0.15, 0.2) is 0 Å². The summed E-state index contributed by atoms with van der Waals surface area (Å²) in [5.74, 6) is 0.680. The standard InChI is InChI=1S/2C8H8O2/c9-8-2-1-6-4-10-5-7(6)3-8;9-8-3-1-2-6-4-10-5-7(6)8/h2*1-3,9H,4-5H2. The zero-order chi connectivity index (χ0) is 13.9. The molecule has 4 rings (SSSR count). The highest BCUT2D eigenvalue weighted by molar-refractivity contribution is 5.40. The van der Waals surface area contributed by atoms with Gasteiger partial charge in [-0.05, 0) is 34.9 Å². The van der Waals surface area contributed by atoms with Crippen molar-refractivity contribution in [3.63, 3.8) is 0 Å². The van der Waals surface area contributed by atoms with Crippen LogP contribution in [-0.2, 0) is 35.9 Å². The first-order valence-corrected chi connectivity index (χ1v) is 6.50. The molecule has 0 aromatic heterocycles. The summed E-state index contributed by atoms with van der Waals surface area (Å²) in [7, 11) is 0. The molecule has 0 aliphatic carbocycles. The van der Waals surface area contributed by atoms with E-state index < -0.39 is 0 Å². The molecule has 0 saturated carbocycles. The van der Waals surface area contributed by atoms with E-state index in [-0.39, 0.29) is 0 Å². The van der Waals surface area contributed by atoms with Gasteiger partial charge in [0.25, 0.3) is 0 Å².